The SMILES string of the molecule is CCCCCCOc1ccc(C(=O)Oc2ccc(C(=O)OCCOc3ccccc3)cc2)cc1. The maximum absolute atomic E-state index is 12.4. The zero-order valence-corrected chi connectivity index (χ0v) is 19.4. The van der Waals surface area contributed by atoms with Crippen LogP contribution in [0.2, 0.25) is 0 Å². The standard InChI is InChI=1S/C28H30O6/c1-2-3-4-8-19-31-25-15-11-23(12-16-25)28(30)34-26-17-13-22(14-18-26)27(29)33-21-20-32-24-9-6-5-7-10-24/h5-7,9-18H,2-4,8,19-21H2,1H3. The predicted octanol–water partition coefficient (Wildman–Crippen LogP) is 6.10. The van der Waals surface area contributed by atoms with Crippen molar-refractivity contribution in [2.24, 2.45) is 0 Å². The zero-order valence-electron chi connectivity index (χ0n) is 19.4. The molecule has 0 saturated carbocycles. The fraction of sp³-hybridized carbons (Fsp3) is 0.286. The van der Waals surface area contributed by atoms with Gasteiger partial charge >= 0.3 is 11.9 Å². The number of unbranched alkanes of at least 4 members (excludes halogenated alkanes) is 3. The summed E-state index contributed by atoms with van der Waals surface area (Å²) in [6, 6.07) is 22.4. The Kier molecular flexibility index (Phi) is 9.99. The largest absolute Gasteiger partial charge is 0.494 e. The first kappa shape index (κ1) is 24.8. The third kappa shape index (κ3) is 8.28. The van der Waals surface area contributed by atoms with E-state index in [1.165, 1.54) is 12.8 Å². The lowest BCUT2D eigenvalue weighted by Crippen LogP contribution is -2.12. The van der Waals surface area contributed by atoms with Crippen LogP contribution < -0.4 is 14.2 Å². The van der Waals surface area contributed by atoms with Gasteiger partial charge in [0.05, 0.1) is 17.7 Å². The van der Waals surface area contributed by atoms with Gasteiger partial charge in [0.25, 0.3) is 0 Å². The fourth-order valence-electron chi connectivity index (χ4n) is 3.13. The van der Waals surface area contributed by atoms with Crippen LogP contribution in [0.25, 0.3) is 0 Å². The van der Waals surface area contributed by atoms with E-state index in [1.807, 2.05) is 30.3 Å². The number of carbonyl (C=O) groups excluding carboxylic acids is 2. The van der Waals surface area contributed by atoms with Gasteiger partial charge in [-0.2, -0.15) is 0 Å². The van der Waals surface area contributed by atoms with Crippen molar-refractivity contribution < 1.29 is 28.5 Å². The van der Waals surface area contributed by atoms with E-state index >= 15 is 0 Å². The highest BCUT2D eigenvalue weighted by molar-refractivity contribution is 5.92. The third-order valence-electron chi connectivity index (χ3n) is 4.99. The van der Waals surface area contributed by atoms with Gasteiger partial charge in [0.2, 0.25) is 0 Å². The highest BCUT2D eigenvalue weighted by Crippen LogP contribution is 2.18. The van der Waals surface area contributed by atoms with Crippen molar-refractivity contribution in [1.82, 2.24) is 0 Å². The molecule has 3 rings (SSSR count). The van der Waals surface area contributed by atoms with Crippen LogP contribution in [-0.2, 0) is 4.74 Å². The fourth-order valence-corrected chi connectivity index (χ4v) is 3.13. The molecule has 6 nitrogen and oxygen atoms in total. The van der Waals surface area contributed by atoms with E-state index in [-0.39, 0.29) is 13.2 Å². The first-order valence-electron chi connectivity index (χ1n) is 11.6. The van der Waals surface area contributed by atoms with Gasteiger partial charge in [0, 0.05) is 0 Å². The van der Waals surface area contributed by atoms with Crippen molar-refractivity contribution in [3.05, 3.63) is 90.0 Å². The lowest BCUT2D eigenvalue weighted by molar-refractivity contribution is 0.0450. The van der Waals surface area contributed by atoms with E-state index in [9.17, 15) is 9.59 Å². The summed E-state index contributed by atoms with van der Waals surface area (Å²) in [7, 11) is 0. The maximum atomic E-state index is 12.4. The lowest BCUT2D eigenvalue weighted by atomic mass is 10.2. The summed E-state index contributed by atoms with van der Waals surface area (Å²) in [6.07, 6.45) is 4.57. The van der Waals surface area contributed by atoms with Gasteiger partial charge in [-0.3, -0.25) is 0 Å². The van der Waals surface area contributed by atoms with Crippen LogP contribution in [0.3, 0.4) is 0 Å². The number of benzene rings is 3. The molecule has 0 N–H and O–H groups in total. The Morgan fingerprint density at radius 1 is 0.588 bits per heavy atom. The molecule has 0 bridgehead atoms. The molecule has 0 aliphatic carbocycles. The Balaban J connectivity index is 1.40. The van der Waals surface area contributed by atoms with Crippen LogP contribution in [-0.4, -0.2) is 31.8 Å². The van der Waals surface area contributed by atoms with Gasteiger partial charge in [-0.25, -0.2) is 9.59 Å². The minimum atomic E-state index is -0.483. The molecule has 0 spiro atoms. The Labute approximate surface area is 200 Å². The smallest absolute Gasteiger partial charge is 0.343 e. The topological polar surface area (TPSA) is 71.1 Å². The number of para-hydroxylation sites is 1. The molecule has 0 heterocycles. The van der Waals surface area contributed by atoms with Crippen molar-refractivity contribution >= 4 is 11.9 Å². The molecule has 0 aliphatic heterocycles. The lowest BCUT2D eigenvalue weighted by Gasteiger charge is -2.09. The summed E-state index contributed by atoms with van der Waals surface area (Å²) in [5.74, 6) is 0.826. The number of hydrogen-bond acceptors (Lipinski definition) is 6. The molecule has 0 saturated heterocycles. The summed E-state index contributed by atoms with van der Waals surface area (Å²) in [4.78, 5) is 24.6. The Morgan fingerprint density at radius 3 is 1.85 bits per heavy atom. The number of ether oxygens (including phenoxy) is 4. The van der Waals surface area contributed by atoms with Gasteiger partial charge in [0.1, 0.15) is 30.5 Å². The quantitative estimate of drug-likeness (QED) is 0.174. The summed E-state index contributed by atoms with van der Waals surface area (Å²) in [5, 5.41) is 0. The zero-order chi connectivity index (χ0) is 24.0. The van der Waals surface area contributed by atoms with Crippen LogP contribution in [0.1, 0.15) is 53.3 Å². The molecule has 0 unspecified atom stereocenters. The van der Waals surface area contributed by atoms with Crippen LogP contribution in [0.5, 0.6) is 17.2 Å². The summed E-state index contributed by atoms with van der Waals surface area (Å²) >= 11 is 0. The molecule has 0 amide bonds. The monoisotopic (exact) mass is 462 g/mol. The first-order chi connectivity index (χ1) is 16.7. The van der Waals surface area contributed by atoms with Gasteiger partial charge in [-0.15, -0.1) is 0 Å². The summed E-state index contributed by atoms with van der Waals surface area (Å²) < 4.78 is 21.8. The van der Waals surface area contributed by atoms with Crippen LogP contribution in [0.15, 0.2) is 78.9 Å². The van der Waals surface area contributed by atoms with E-state index in [1.54, 1.807) is 48.5 Å². The van der Waals surface area contributed by atoms with Gasteiger partial charge in [-0.1, -0.05) is 44.4 Å². The van der Waals surface area contributed by atoms with E-state index in [2.05, 4.69) is 6.92 Å². The first-order valence-corrected chi connectivity index (χ1v) is 11.6. The molecule has 0 fully saturated rings. The summed E-state index contributed by atoms with van der Waals surface area (Å²) in [6.45, 7) is 3.22. The Bertz CT molecular complexity index is 1010. The van der Waals surface area contributed by atoms with Crippen LogP contribution >= 0.6 is 0 Å². The average molecular weight is 463 g/mol. The minimum absolute atomic E-state index is 0.128. The minimum Gasteiger partial charge on any atom is -0.494 e. The molecule has 0 radical (unpaired) electrons. The van der Waals surface area contributed by atoms with Crippen LogP contribution in [0.4, 0.5) is 0 Å². The average Bonchev–Trinajstić information content (AvgIpc) is 2.88. The molecular weight excluding hydrogens is 432 g/mol. The number of hydrogen-bond donors (Lipinski definition) is 0. The summed E-state index contributed by atoms with van der Waals surface area (Å²) in [5.41, 5.74) is 0.778. The highest BCUT2D eigenvalue weighted by Gasteiger charge is 2.11. The molecule has 0 aliphatic rings. The number of carbonyl (C=O) groups is 2. The van der Waals surface area contributed by atoms with E-state index in [4.69, 9.17) is 18.9 Å². The molecule has 0 aromatic heterocycles. The maximum Gasteiger partial charge on any atom is 0.343 e. The molecule has 6 heteroatoms. The van der Waals surface area contributed by atoms with Crippen molar-refractivity contribution in [1.29, 1.82) is 0 Å². The Morgan fingerprint density at radius 2 is 1.18 bits per heavy atom. The van der Waals surface area contributed by atoms with Gasteiger partial charge < -0.3 is 18.9 Å². The number of esters is 2. The Hall–Kier alpha value is -3.80. The van der Waals surface area contributed by atoms with Crippen LogP contribution in [0, 0.1) is 0 Å². The van der Waals surface area contributed by atoms with E-state index in [0.29, 0.717) is 29.2 Å². The van der Waals surface area contributed by atoms with Crippen molar-refractivity contribution in [2.75, 3.05) is 19.8 Å². The van der Waals surface area contributed by atoms with E-state index < -0.39 is 11.9 Å². The van der Waals surface area contributed by atoms with Gasteiger partial charge in [0.15, 0.2) is 0 Å². The highest BCUT2D eigenvalue weighted by atomic mass is 16.6. The molecule has 178 valence electrons. The molecular formula is C28H30O6. The normalized spacial score (nSPS) is 10.4. The molecule has 34 heavy (non-hydrogen) atoms. The molecule has 3 aromatic rings. The second kappa shape index (κ2) is 13.7. The van der Waals surface area contributed by atoms with Crippen molar-refractivity contribution in [3.8, 4) is 17.2 Å². The van der Waals surface area contributed by atoms with Gasteiger partial charge in [-0.05, 0) is 67.1 Å². The van der Waals surface area contributed by atoms with E-state index in [0.717, 1.165) is 18.6 Å². The second-order valence-electron chi connectivity index (χ2n) is 7.64. The molecule has 0 atom stereocenters. The van der Waals surface area contributed by atoms with Crippen molar-refractivity contribution in [2.45, 2.75) is 32.6 Å². The van der Waals surface area contributed by atoms with Crippen molar-refractivity contribution in [3.63, 3.8) is 0 Å². The second-order valence-corrected chi connectivity index (χ2v) is 7.64. The predicted molar refractivity (Wildman–Crippen MR) is 130 cm³/mol. The molecule has 3 aromatic carbocycles. The third-order valence-corrected chi connectivity index (χ3v) is 4.99. The number of rotatable bonds is 13.